The number of hydrogen-bond donors (Lipinski definition) is 3. The van der Waals surface area contributed by atoms with Gasteiger partial charge in [-0.1, -0.05) is 0 Å². The van der Waals surface area contributed by atoms with E-state index in [1.165, 1.54) is 11.3 Å². The molecule has 0 aromatic carbocycles. The average molecular weight is 309 g/mol. The van der Waals surface area contributed by atoms with Crippen LogP contribution < -0.4 is 10.6 Å². The number of rotatable bonds is 4. The maximum absolute atomic E-state index is 12.1. The Balaban J connectivity index is 1.60. The third-order valence-corrected chi connectivity index (χ3v) is 5.63. The van der Waals surface area contributed by atoms with Crippen molar-refractivity contribution >= 4 is 23.3 Å². The van der Waals surface area contributed by atoms with E-state index < -0.39 is 11.9 Å². The van der Waals surface area contributed by atoms with Gasteiger partial charge >= 0.3 is 12.0 Å². The Morgan fingerprint density at radius 3 is 2.86 bits per heavy atom. The largest absolute Gasteiger partial charge is 0.481 e. The van der Waals surface area contributed by atoms with Gasteiger partial charge in [0.25, 0.3) is 0 Å². The minimum absolute atomic E-state index is 0.174. The van der Waals surface area contributed by atoms with Gasteiger partial charge in [0.2, 0.25) is 0 Å². The summed E-state index contributed by atoms with van der Waals surface area (Å²) in [6, 6.07) is -0.724. The van der Waals surface area contributed by atoms with Crippen molar-refractivity contribution in [3.05, 3.63) is 16.6 Å². The molecule has 2 aliphatic rings. The lowest BCUT2D eigenvalue weighted by molar-refractivity contribution is -0.144. The summed E-state index contributed by atoms with van der Waals surface area (Å²) < 4.78 is 0. The molecule has 0 spiro atoms. The molecular formula is C14H19N3O3S. The molecule has 21 heavy (non-hydrogen) atoms. The summed E-state index contributed by atoms with van der Waals surface area (Å²) >= 11 is 1.49. The van der Waals surface area contributed by atoms with Crippen LogP contribution in [0.1, 0.15) is 37.2 Å². The predicted molar refractivity (Wildman–Crippen MR) is 77.9 cm³/mol. The Hall–Kier alpha value is -1.63. The van der Waals surface area contributed by atoms with Crippen molar-refractivity contribution in [1.82, 2.24) is 15.6 Å². The topological polar surface area (TPSA) is 91.3 Å². The van der Waals surface area contributed by atoms with Gasteiger partial charge in [-0.25, -0.2) is 9.78 Å². The second-order valence-corrected chi connectivity index (χ2v) is 6.86. The number of aromatic nitrogens is 1. The lowest BCUT2D eigenvalue weighted by Gasteiger charge is -2.29. The number of nitrogens with zero attached hydrogens (tertiary/aromatic N) is 1. The van der Waals surface area contributed by atoms with E-state index in [1.54, 1.807) is 6.20 Å². The molecule has 2 saturated carbocycles. The summed E-state index contributed by atoms with van der Waals surface area (Å²) in [6.45, 7) is 1.87. The number of nitrogens with one attached hydrogen (secondary N) is 2. The lowest BCUT2D eigenvalue weighted by Crippen LogP contribution is -2.50. The minimum Gasteiger partial charge on any atom is -0.481 e. The van der Waals surface area contributed by atoms with Crippen molar-refractivity contribution in [2.75, 3.05) is 0 Å². The van der Waals surface area contributed by atoms with Crippen LogP contribution in [0.3, 0.4) is 0 Å². The quantitative estimate of drug-likeness (QED) is 0.793. The fraction of sp³-hybridized carbons (Fsp3) is 0.643. The number of carboxylic acid groups (broad SMARTS) is 1. The fourth-order valence-electron chi connectivity index (χ4n) is 3.75. The molecule has 0 aliphatic heterocycles. The smallest absolute Gasteiger partial charge is 0.315 e. The van der Waals surface area contributed by atoms with E-state index in [4.69, 9.17) is 0 Å². The Morgan fingerprint density at radius 1 is 1.43 bits per heavy atom. The fourth-order valence-corrected chi connectivity index (χ4v) is 4.40. The monoisotopic (exact) mass is 309 g/mol. The van der Waals surface area contributed by atoms with E-state index >= 15 is 0 Å². The van der Waals surface area contributed by atoms with Gasteiger partial charge in [0, 0.05) is 17.6 Å². The minimum atomic E-state index is -0.791. The van der Waals surface area contributed by atoms with Gasteiger partial charge in [-0.05, 0) is 38.0 Å². The van der Waals surface area contributed by atoms with E-state index in [0.717, 1.165) is 24.3 Å². The van der Waals surface area contributed by atoms with Gasteiger partial charge in [0.05, 0.1) is 12.0 Å². The Labute approximate surface area is 127 Å². The molecule has 5 unspecified atom stereocenters. The van der Waals surface area contributed by atoms with Crippen LogP contribution in [0.5, 0.6) is 0 Å². The molecule has 1 aromatic heterocycles. The molecule has 2 aliphatic carbocycles. The van der Waals surface area contributed by atoms with Crippen LogP contribution in [-0.2, 0) is 4.79 Å². The Morgan fingerprint density at radius 2 is 2.19 bits per heavy atom. The first-order valence-corrected chi connectivity index (χ1v) is 8.13. The molecule has 1 heterocycles. The summed E-state index contributed by atoms with van der Waals surface area (Å²) in [5.41, 5.74) is 0. The molecule has 2 fully saturated rings. The van der Waals surface area contributed by atoms with Gasteiger partial charge in [0.15, 0.2) is 0 Å². The van der Waals surface area contributed by atoms with Gasteiger partial charge < -0.3 is 15.7 Å². The highest BCUT2D eigenvalue weighted by Crippen LogP contribution is 2.48. The van der Waals surface area contributed by atoms with Gasteiger partial charge in [0.1, 0.15) is 5.01 Å². The first-order chi connectivity index (χ1) is 10.1. The highest BCUT2D eigenvalue weighted by Gasteiger charge is 2.51. The van der Waals surface area contributed by atoms with Crippen molar-refractivity contribution in [3.63, 3.8) is 0 Å². The van der Waals surface area contributed by atoms with Crippen molar-refractivity contribution in [2.45, 2.75) is 38.3 Å². The number of aliphatic carboxylic acids is 1. The molecule has 0 radical (unpaired) electrons. The molecular weight excluding hydrogens is 290 g/mol. The van der Waals surface area contributed by atoms with E-state index in [2.05, 4.69) is 15.6 Å². The standard InChI is InChI=1S/C14H19N3O3S/c1-7(12-15-4-5-21-12)16-14(20)17-11-9-3-2-8(6-9)10(11)13(18)19/h4-5,7-11H,2-3,6H2,1H3,(H,18,19)(H2,16,17,20). The molecule has 3 N–H and O–H groups in total. The average Bonchev–Trinajstić information content (AvgIpc) is 3.15. The van der Waals surface area contributed by atoms with Crippen LogP contribution in [0, 0.1) is 17.8 Å². The zero-order chi connectivity index (χ0) is 15.0. The number of carboxylic acids is 1. The third kappa shape index (κ3) is 2.74. The van der Waals surface area contributed by atoms with E-state index in [9.17, 15) is 14.7 Å². The van der Waals surface area contributed by atoms with Crippen LogP contribution in [0.25, 0.3) is 0 Å². The van der Waals surface area contributed by atoms with Crippen LogP contribution >= 0.6 is 11.3 Å². The third-order valence-electron chi connectivity index (χ3n) is 4.67. The zero-order valence-electron chi connectivity index (χ0n) is 11.8. The number of carbonyl (C=O) groups excluding carboxylic acids is 1. The maximum Gasteiger partial charge on any atom is 0.315 e. The summed E-state index contributed by atoms with van der Waals surface area (Å²) in [6.07, 6.45) is 4.61. The van der Waals surface area contributed by atoms with E-state index in [0.29, 0.717) is 5.92 Å². The normalized spacial score (nSPS) is 31.9. The summed E-state index contributed by atoms with van der Waals surface area (Å²) in [5, 5.41) is 17.8. The maximum atomic E-state index is 12.1. The van der Waals surface area contributed by atoms with Gasteiger partial charge in [-0.2, -0.15) is 0 Å². The number of amides is 2. The molecule has 114 valence electrons. The van der Waals surface area contributed by atoms with Crippen molar-refractivity contribution in [2.24, 2.45) is 17.8 Å². The SMILES string of the molecule is CC(NC(=O)NC1C2CCC(C2)C1C(=O)O)c1nccs1. The number of carbonyl (C=O) groups is 2. The number of hydrogen-bond acceptors (Lipinski definition) is 4. The van der Waals surface area contributed by atoms with E-state index in [1.807, 2.05) is 12.3 Å². The molecule has 7 heteroatoms. The number of thiazole rings is 1. The summed E-state index contributed by atoms with van der Waals surface area (Å²) in [4.78, 5) is 27.7. The van der Waals surface area contributed by atoms with Gasteiger partial charge in [-0.3, -0.25) is 4.79 Å². The molecule has 6 nitrogen and oxygen atoms in total. The molecule has 0 saturated heterocycles. The highest BCUT2D eigenvalue weighted by atomic mass is 32.1. The number of fused-ring (bicyclic) bond motifs is 2. The van der Waals surface area contributed by atoms with Crippen LogP contribution in [-0.4, -0.2) is 28.1 Å². The first-order valence-electron chi connectivity index (χ1n) is 7.25. The summed E-state index contributed by atoms with van der Waals surface area (Å²) in [5.74, 6) is -0.712. The second kappa shape index (κ2) is 5.63. The summed E-state index contributed by atoms with van der Waals surface area (Å²) in [7, 11) is 0. The van der Waals surface area contributed by atoms with Crippen LogP contribution in [0.4, 0.5) is 4.79 Å². The predicted octanol–water partition coefficient (Wildman–Crippen LogP) is 2.00. The number of urea groups is 1. The molecule has 3 rings (SSSR count). The van der Waals surface area contributed by atoms with Gasteiger partial charge in [-0.15, -0.1) is 11.3 Å². The van der Waals surface area contributed by atoms with Crippen LogP contribution in [0.15, 0.2) is 11.6 Å². The van der Waals surface area contributed by atoms with Crippen molar-refractivity contribution < 1.29 is 14.7 Å². The molecule has 5 atom stereocenters. The molecule has 2 bridgehead atoms. The van der Waals surface area contributed by atoms with Crippen molar-refractivity contribution in [3.8, 4) is 0 Å². The highest BCUT2D eigenvalue weighted by molar-refractivity contribution is 7.09. The second-order valence-electron chi connectivity index (χ2n) is 5.93. The van der Waals surface area contributed by atoms with Crippen molar-refractivity contribution in [1.29, 1.82) is 0 Å². The zero-order valence-corrected chi connectivity index (χ0v) is 12.6. The Kier molecular flexibility index (Phi) is 3.84. The Bertz CT molecular complexity index is 534. The first kappa shape index (κ1) is 14.3. The molecule has 1 aromatic rings. The van der Waals surface area contributed by atoms with Crippen LogP contribution in [0.2, 0.25) is 0 Å². The lowest BCUT2D eigenvalue weighted by atomic mass is 9.84. The molecule has 2 amide bonds. The van der Waals surface area contributed by atoms with E-state index in [-0.39, 0.29) is 24.0 Å².